The molecule has 0 bridgehead atoms. The molecule has 0 heterocycles. The van der Waals surface area contributed by atoms with Crippen molar-refractivity contribution in [2.75, 3.05) is 14.2 Å². The van der Waals surface area contributed by atoms with Crippen LogP contribution in [0.15, 0.2) is 77.7 Å². The number of carbonyl (C=O) groups is 1. The van der Waals surface area contributed by atoms with Crippen LogP contribution in [0.25, 0.3) is 0 Å². The fourth-order valence-corrected chi connectivity index (χ4v) is 4.58. The number of sulfonamides is 1. The molecule has 0 aliphatic rings. The van der Waals surface area contributed by atoms with Crippen molar-refractivity contribution < 1.29 is 22.7 Å². The third-order valence-electron chi connectivity index (χ3n) is 5.00. The van der Waals surface area contributed by atoms with E-state index in [0.29, 0.717) is 22.1 Å². The highest BCUT2D eigenvalue weighted by Crippen LogP contribution is 2.24. The number of ether oxygens (including phenoxy) is 2. The molecule has 0 aliphatic heterocycles. The van der Waals surface area contributed by atoms with Crippen molar-refractivity contribution in [3.8, 4) is 11.5 Å². The number of hydrogen-bond donors (Lipinski definition) is 2. The topological polar surface area (TPSA) is 93.7 Å². The second-order valence-electron chi connectivity index (χ2n) is 7.19. The summed E-state index contributed by atoms with van der Waals surface area (Å²) in [5.41, 5.74) is 1.44. The summed E-state index contributed by atoms with van der Waals surface area (Å²) in [6, 6.07) is 19.3. The zero-order valence-corrected chi connectivity index (χ0v) is 19.8. The first-order chi connectivity index (χ1) is 15.8. The molecular weight excluding hydrogens is 464 g/mol. The Hall–Kier alpha value is -3.07. The number of benzene rings is 3. The molecule has 0 spiro atoms. The number of halogens is 1. The van der Waals surface area contributed by atoms with Crippen LogP contribution in [-0.4, -0.2) is 28.5 Å². The molecule has 0 aromatic heterocycles. The van der Waals surface area contributed by atoms with E-state index in [4.69, 9.17) is 21.1 Å². The fourth-order valence-electron chi connectivity index (χ4n) is 3.23. The number of para-hydroxylation sites is 1. The van der Waals surface area contributed by atoms with Gasteiger partial charge in [-0.1, -0.05) is 41.9 Å². The van der Waals surface area contributed by atoms with E-state index in [1.54, 1.807) is 38.5 Å². The second kappa shape index (κ2) is 11.2. The predicted molar refractivity (Wildman–Crippen MR) is 127 cm³/mol. The average Bonchev–Trinajstić information content (AvgIpc) is 2.82. The molecule has 3 rings (SSSR count). The zero-order valence-electron chi connectivity index (χ0n) is 18.2. The van der Waals surface area contributed by atoms with Crippen molar-refractivity contribution in [3.63, 3.8) is 0 Å². The molecule has 33 heavy (non-hydrogen) atoms. The van der Waals surface area contributed by atoms with Crippen LogP contribution in [0.1, 0.15) is 23.6 Å². The van der Waals surface area contributed by atoms with Gasteiger partial charge in [0.1, 0.15) is 11.5 Å². The number of nitrogens with one attached hydrogen (secondary N) is 2. The van der Waals surface area contributed by atoms with Crippen LogP contribution < -0.4 is 19.5 Å². The van der Waals surface area contributed by atoms with E-state index >= 15 is 0 Å². The van der Waals surface area contributed by atoms with Gasteiger partial charge in [0, 0.05) is 23.6 Å². The predicted octanol–water partition coefficient (Wildman–Crippen LogP) is 4.08. The lowest BCUT2D eigenvalue weighted by molar-refractivity contribution is -0.121. The maximum absolute atomic E-state index is 13.0. The van der Waals surface area contributed by atoms with Crippen molar-refractivity contribution in [2.45, 2.75) is 23.9 Å². The van der Waals surface area contributed by atoms with E-state index in [0.717, 1.165) is 5.56 Å². The zero-order chi connectivity index (χ0) is 23.8. The maximum Gasteiger partial charge on any atom is 0.241 e. The number of amides is 1. The Morgan fingerprint density at radius 2 is 1.61 bits per heavy atom. The van der Waals surface area contributed by atoms with Crippen LogP contribution >= 0.6 is 11.6 Å². The molecule has 0 fully saturated rings. The van der Waals surface area contributed by atoms with Gasteiger partial charge in [0.25, 0.3) is 0 Å². The lowest BCUT2D eigenvalue weighted by Crippen LogP contribution is -2.33. The average molecular weight is 489 g/mol. The molecule has 174 valence electrons. The molecule has 0 saturated carbocycles. The standard InChI is InChI=1S/C24H25ClN2O5S/c1-31-20-11-7-17(8-12-20)22(27-33(29,30)21-13-9-19(25)10-14-21)15-24(28)26-16-18-5-3-4-6-23(18)32-2/h3-14,22,27H,15-16H2,1-2H3,(H,26,28). The van der Waals surface area contributed by atoms with Crippen LogP contribution in [0.3, 0.4) is 0 Å². The SMILES string of the molecule is COc1ccc(C(CC(=O)NCc2ccccc2OC)NS(=O)(=O)c2ccc(Cl)cc2)cc1. The molecule has 1 amide bonds. The van der Waals surface area contributed by atoms with Gasteiger partial charge in [-0.15, -0.1) is 0 Å². The summed E-state index contributed by atoms with van der Waals surface area (Å²) < 4.78 is 39.1. The van der Waals surface area contributed by atoms with Crippen molar-refractivity contribution in [1.29, 1.82) is 0 Å². The van der Waals surface area contributed by atoms with E-state index in [1.807, 2.05) is 24.3 Å². The lowest BCUT2D eigenvalue weighted by atomic mass is 10.0. The van der Waals surface area contributed by atoms with Gasteiger partial charge in [0.2, 0.25) is 15.9 Å². The van der Waals surface area contributed by atoms with E-state index < -0.39 is 16.1 Å². The lowest BCUT2D eigenvalue weighted by Gasteiger charge is -2.20. The van der Waals surface area contributed by atoms with E-state index in [9.17, 15) is 13.2 Å². The smallest absolute Gasteiger partial charge is 0.241 e. The molecule has 1 atom stereocenters. The van der Waals surface area contributed by atoms with Crippen molar-refractivity contribution in [2.24, 2.45) is 0 Å². The van der Waals surface area contributed by atoms with E-state index in [2.05, 4.69) is 10.0 Å². The van der Waals surface area contributed by atoms with Gasteiger partial charge < -0.3 is 14.8 Å². The van der Waals surface area contributed by atoms with Gasteiger partial charge in [-0.25, -0.2) is 13.1 Å². The maximum atomic E-state index is 13.0. The van der Waals surface area contributed by atoms with Crippen LogP contribution in [-0.2, 0) is 21.4 Å². The molecule has 3 aromatic rings. The summed E-state index contributed by atoms with van der Waals surface area (Å²) >= 11 is 5.88. The monoisotopic (exact) mass is 488 g/mol. The number of carbonyl (C=O) groups excluding carboxylic acids is 1. The van der Waals surface area contributed by atoms with Crippen LogP contribution in [0.4, 0.5) is 0 Å². The molecule has 0 radical (unpaired) electrons. The summed E-state index contributed by atoms with van der Waals surface area (Å²) in [5, 5.41) is 3.26. The summed E-state index contributed by atoms with van der Waals surface area (Å²) in [6.45, 7) is 0.252. The normalized spacial score (nSPS) is 12.1. The van der Waals surface area contributed by atoms with Gasteiger partial charge >= 0.3 is 0 Å². The number of hydrogen-bond acceptors (Lipinski definition) is 5. The summed E-state index contributed by atoms with van der Waals surface area (Å²) in [4.78, 5) is 12.8. The molecular formula is C24H25ClN2O5S. The third kappa shape index (κ3) is 6.71. The van der Waals surface area contributed by atoms with Crippen molar-refractivity contribution >= 4 is 27.5 Å². The minimum Gasteiger partial charge on any atom is -0.497 e. The fraction of sp³-hybridized carbons (Fsp3) is 0.208. The number of rotatable bonds is 10. The Morgan fingerprint density at radius 3 is 2.24 bits per heavy atom. The Bertz CT molecular complexity index is 1180. The molecule has 2 N–H and O–H groups in total. The molecule has 9 heteroatoms. The molecule has 0 aliphatic carbocycles. The van der Waals surface area contributed by atoms with Crippen molar-refractivity contribution in [3.05, 3.63) is 88.9 Å². The summed E-state index contributed by atoms with van der Waals surface area (Å²) in [5.74, 6) is 0.965. The van der Waals surface area contributed by atoms with Gasteiger partial charge in [0.05, 0.1) is 25.2 Å². The molecule has 7 nitrogen and oxygen atoms in total. The van der Waals surface area contributed by atoms with E-state index in [1.165, 1.54) is 24.3 Å². The van der Waals surface area contributed by atoms with Crippen molar-refractivity contribution in [1.82, 2.24) is 10.0 Å². The first-order valence-corrected chi connectivity index (χ1v) is 12.0. The second-order valence-corrected chi connectivity index (χ2v) is 9.34. The summed E-state index contributed by atoms with van der Waals surface area (Å²) in [7, 11) is -0.799. The Kier molecular flexibility index (Phi) is 8.32. The molecule has 1 unspecified atom stereocenters. The van der Waals surface area contributed by atoms with E-state index in [-0.39, 0.29) is 23.8 Å². The van der Waals surface area contributed by atoms with Gasteiger partial charge in [-0.3, -0.25) is 4.79 Å². The summed E-state index contributed by atoms with van der Waals surface area (Å²) in [6.07, 6.45) is -0.103. The van der Waals surface area contributed by atoms with Gasteiger partial charge in [-0.2, -0.15) is 0 Å². The minimum atomic E-state index is -3.90. The number of methoxy groups -OCH3 is 2. The highest BCUT2D eigenvalue weighted by atomic mass is 35.5. The Labute approximate surface area is 198 Å². The van der Waals surface area contributed by atoms with Crippen LogP contribution in [0.5, 0.6) is 11.5 Å². The molecule has 3 aromatic carbocycles. The van der Waals surface area contributed by atoms with Gasteiger partial charge in [-0.05, 0) is 48.0 Å². The Balaban J connectivity index is 1.79. The quantitative estimate of drug-likeness (QED) is 0.448. The first kappa shape index (κ1) is 24.6. The Morgan fingerprint density at radius 1 is 0.939 bits per heavy atom. The largest absolute Gasteiger partial charge is 0.497 e. The highest BCUT2D eigenvalue weighted by molar-refractivity contribution is 7.89. The van der Waals surface area contributed by atoms with Crippen LogP contribution in [0, 0.1) is 0 Å². The third-order valence-corrected chi connectivity index (χ3v) is 6.74. The molecule has 0 saturated heterocycles. The van der Waals surface area contributed by atoms with Crippen LogP contribution in [0.2, 0.25) is 5.02 Å². The van der Waals surface area contributed by atoms with Gasteiger partial charge in [0.15, 0.2) is 0 Å². The highest BCUT2D eigenvalue weighted by Gasteiger charge is 2.24. The minimum absolute atomic E-state index is 0.0554. The first-order valence-electron chi connectivity index (χ1n) is 10.1.